The predicted molar refractivity (Wildman–Crippen MR) is 124 cm³/mol. The molecular formula is C25H29N3O3. The monoisotopic (exact) mass is 419 g/mol. The van der Waals surface area contributed by atoms with Gasteiger partial charge in [-0.15, -0.1) is 0 Å². The first-order valence-electron chi connectivity index (χ1n) is 10.7. The summed E-state index contributed by atoms with van der Waals surface area (Å²) >= 11 is 0. The van der Waals surface area contributed by atoms with E-state index in [-0.39, 0.29) is 12.5 Å². The second-order valence-electron chi connectivity index (χ2n) is 8.41. The first-order chi connectivity index (χ1) is 15.0. The van der Waals surface area contributed by atoms with Crippen molar-refractivity contribution >= 4 is 28.3 Å². The summed E-state index contributed by atoms with van der Waals surface area (Å²) in [5.41, 5.74) is 1.48. The summed E-state index contributed by atoms with van der Waals surface area (Å²) in [5, 5.41) is 3.83. The Kier molecular flexibility index (Phi) is 6.26. The van der Waals surface area contributed by atoms with Gasteiger partial charge >= 0.3 is 0 Å². The molecule has 3 aromatic rings. The molecule has 31 heavy (non-hydrogen) atoms. The van der Waals surface area contributed by atoms with Crippen LogP contribution in [0.3, 0.4) is 0 Å². The number of anilines is 2. The molecule has 1 amide bonds. The molecule has 1 fully saturated rings. The highest BCUT2D eigenvalue weighted by molar-refractivity contribution is 5.92. The zero-order valence-corrected chi connectivity index (χ0v) is 18.3. The molecule has 2 unspecified atom stereocenters. The molecule has 1 aliphatic rings. The third-order valence-electron chi connectivity index (χ3n) is 5.59. The highest BCUT2D eigenvalue weighted by Gasteiger charge is 2.23. The zero-order valence-electron chi connectivity index (χ0n) is 18.3. The molecule has 2 atom stereocenters. The van der Waals surface area contributed by atoms with Gasteiger partial charge in [0.25, 0.3) is 5.91 Å². The Balaban J connectivity index is 1.47. The van der Waals surface area contributed by atoms with Crippen LogP contribution in [0.25, 0.3) is 10.9 Å². The first-order valence-corrected chi connectivity index (χ1v) is 10.7. The maximum Gasteiger partial charge on any atom is 0.262 e. The summed E-state index contributed by atoms with van der Waals surface area (Å²) in [4.78, 5) is 19.6. The maximum atomic E-state index is 12.4. The summed E-state index contributed by atoms with van der Waals surface area (Å²) < 4.78 is 11.0. The Morgan fingerprint density at radius 1 is 1.06 bits per heavy atom. The lowest BCUT2D eigenvalue weighted by Crippen LogP contribution is -2.39. The lowest BCUT2D eigenvalue weighted by atomic mass is 9.92. The van der Waals surface area contributed by atoms with E-state index in [4.69, 9.17) is 14.5 Å². The second kappa shape index (κ2) is 9.25. The van der Waals surface area contributed by atoms with Gasteiger partial charge in [0.1, 0.15) is 22.8 Å². The van der Waals surface area contributed by atoms with E-state index in [0.717, 1.165) is 35.6 Å². The molecule has 6 heteroatoms. The van der Waals surface area contributed by atoms with Crippen LogP contribution in [0.4, 0.5) is 11.5 Å². The number of carbonyl (C=O) groups is 1. The number of hydrogen-bond acceptors (Lipinski definition) is 5. The number of ether oxygens (including phenoxy) is 2. The number of para-hydroxylation sites is 1. The van der Waals surface area contributed by atoms with Gasteiger partial charge in [0.15, 0.2) is 6.61 Å². The number of piperidine rings is 1. The fourth-order valence-corrected chi connectivity index (χ4v) is 4.27. The van der Waals surface area contributed by atoms with Gasteiger partial charge in [-0.25, -0.2) is 4.98 Å². The normalized spacial score (nSPS) is 18.6. The van der Waals surface area contributed by atoms with E-state index in [1.54, 1.807) is 31.4 Å². The average molecular weight is 420 g/mol. The van der Waals surface area contributed by atoms with Crippen molar-refractivity contribution in [3.63, 3.8) is 0 Å². The minimum absolute atomic E-state index is 0.0885. The third kappa shape index (κ3) is 5.08. The van der Waals surface area contributed by atoms with Crippen LogP contribution in [0, 0.1) is 11.8 Å². The Hall–Kier alpha value is -3.28. The maximum absolute atomic E-state index is 12.4. The van der Waals surface area contributed by atoms with Gasteiger partial charge in [0, 0.05) is 24.2 Å². The topological polar surface area (TPSA) is 63.7 Å². The third-order valence-corrected chi connectivity index (χ3v) is 5.59. The number of pyridine rings is 1. The van der Waals surface area contributed by atoms with E-state index in [9.17, 15) is 4.79 Å². The van der Waals surface area contributed by atoms with Gasteiger partial charge in [-0.3, -0.25) is 4.79 Å². The number of carbonyl (C=O) groups excluding carboxylic acids is 1. The largest absolute Gasteiger partial charge is 0.497 e. The molecule has 4 rings (SSSR count). The summed E-state index contributed by atoms with van der Waals surface area (Å²) in [7, 11) is 1.61. The number of rotatable bonds is 6. The van der Waals surface area contributed by atoms with Crippen molar-refractivity contribution in [1.82, 2.24) is 4.98 Å². The van der Waals surface area contributed by atoms with Crippen LogP contribution in [0.1, 0.15) is 20.3 Å². The number of benzene rings is 2. The zero-order chi connectivity index (χ0) is 21.8. The summed E-state index contributed by atoms with van der Waals surface area (Å²) in [6.45, 7) is 6.51. The number of methoxy groups -OCH3 is 1. The van der Waals surface area contributed by atoms with E-state index in [0.29, 0.717) is 23.3 Å². The van der Waals surface area contributed by atoms with Crippen LogP contribution in [0.15, 0.2) is 54.6 Å². The van der Waals surface area contributed by atoms with Gasteiger partial charge in [-0.1, -0.05) is 26.0 Å². The molecular weight excluding hydrogens is 390 g/mol. The quantitative estimate of drug-likeness (QED) is 0.625. The highest BCUT2D eigenvalue weighted by Crippen LogP contribution is 2.30. The number of amides is 1. The van der Waals surface area contributed by atoms with Gasteiger partial charge in [0.2, 0.25) is 0 Å². The number of hydrogen-bond donors (Lipinski definition) is 1. The Morgan fingerprint density at radius 2 is 1.81 bits per heavy atom. The summed E-state index contributed by atoms with van der Waals surface area (Å²) in [5.74, 6) is 3.39. The van der Waals surface area contributed by atoms with Crippen molar-refractivity contribution in [2.75, 3.05) is 37.0 Å². The SMILES string of the molecule is COc1ccc(NC(=O)COc2cccc3ccc(N4CC(C)CC(C)C4)nc23)cc1. The number of nitrogens with one attached hydrogen (secondary N) is 1. The van der Waals surface area contributed by atoms with Crippen molar-refractivity contribution in [2.24, 2.45) is 11.8 Å². The standard InChI is InChI=1S/C25H29N3O3/c1-17-13-18(2)15-28(14-17)23-12-7-19-5-4-6-22(25(19)27-23)31-16-24(29)26-20-8-10-21(30-3)11-9-20/h4-12,17-18H,13-16H2,1-3H3,(H,26,29). The van der Waals surface area contributed by atoms with Crippen LogP contribution >= 0.6 is 0 Å². The van der Waals surface area contributed by atoms with Crippen molar-refractivity contribution in [1.29, 1.82) is 0 Å². The summed E-state index contributed by atoms with van der Waals surface area (Å²) in [6, 6.07) is 17.1. The van der Waals surface area contributed by atoms with Crippen molar-refractivity contribution in [3.8, 4) is 11.5 Å². The van der Waals surface area contributed by atoms with Gasteiger partial charge in [-0.2, -0.15) is 0 Å². The Morgan fingerprint density at radius 3 is 2.52 bits per heavy atom. The Bertz CT molecular complexity index is 1040. The molecule has 0 radical (unpaired) electrons. The van der Waals surface area contributed by atoms with Crippen LogP contribution in [0.2, 0.25) is 0 Å². The molecule has 6 nitrogen and oxygen atoms in total. The van der Waals surface area contributed by atoms with E-state index < -0.39 is 0 Å². The molecule has 1 aromatic heterocycles. The Labute approximate surface area is 183 Å². The smallest absolute Gasteiger partial charge is 0.262 e. The van der Waals surface area contributed by atoms with Crippen molar-refractivity contribution in [2.45, 2.75) is 20.3 Å². The fourth-order valence-electron chi connectivity index (χ4n) is 4.27. The number of nitrogens with zero attached hydrogens (tertiary/aromatic N) is 2. The molecule has 0 spiro atoms. The lowest BCUT2D eigenvalue weighted by molar-refractivity contribution is -0.118. The second-order valence-corrected chi connectivity index (χ2v) is 8.41. The molecule has 2 heterocycles. The molecule has 162 valence electrons. The molecule has 1 N–H and O–H groups in total. The average Bonchev–Trinajstić information content (AvgIpc) is 2.77. The fraction of sp³-hybridized carbons (Fsp3) is 0.360. The van der Waals surface area contributed by atoms with Crippen LogP contribution < -0.4 is 19.7 Å². The lowest BCUT2D eigenvalue weighted by Gasteiger charge is -2.35. The molecule has 2 aromatic carbocycles. The minimum Gasteiger partial charge on any atom is -0.497 e. The van der Waals surface area contributed by atoms with Crippen LogP contribution in [-0.2, 0) is 4.79 Å². The van der Waals surface area contributed by atoms with E-state index in [1.165, 1.54) is 6.42 Å². The summed E-state index contributed by atoms with van der Waals surface area (Å²) in [6.07, 6.45) is 1.25. The first kappa shape index (κ1) is 21.0. The van der Waals surface area contributed by atoms with Gasteiger partial charge in [-0.05, 0) is 60.7 Å². The van der Waals surface area contributed by atoms with E-state index in [2.05, 4.69) is 36.2 Å². The van der Waals surface area contributed by atoms with E-state index >= 15 is 0 Å². The highest BCUT2D eigenvalue weighted by atomic mass is 16.5. The molecule has 0 bridgehead atoms. The van der Waals surface area contributed by atoms with E-state index in [1.807, 2.05) is 18.2 Å². The van der Waals surface area contributed by atoms with Gasteiger partial charge < -0.3 is 19.7 Å². The molecule has 1 saturated heterocycles. The molecule has 0 aliphatic carbocycles. The van der Waals surface area contributed by atoms with Gasteiger partial charge in [0.05, 0.1) is 7.11 Å². The van der Waals surface area contributed by atoms with Crippen LogP contribution in [-0.4, -0.2) is 37.7 Å². The molecule has 1 aliphatic heterocycles. The number of aromatic nitrogens is 1. The minimum atomic E-state index is -0.225. The van der Waals surface area contributed by atoms with Crippen molar-refractivity contribution < 1.29 is 14.3 Å². The molecule has 0 saturated carbocycles. The van der Waals surface area contributed by atoms with Crippen molar-refractivity contribution in [3.05, 3.63) is 54.6 Å². The number of fused-ring (bicyclic) bond motifs is 1. The predicted octanol–water partition coefficient (Wildman–Crippen LogP) is 4.74. The van der Waals surface area contributed by atoms with Crippen LogP contribution in [0.5, 0.6) is 11.5 Å².